The van der Waals surface area contributed by atoms with Crippen LogP contribution in [0, 0.1) is 6.92 Å². The number of benzene rings is 2. The summed E-state index contributed by atoms with van der Waals surface area (Å²) >= 11 is 7.35. The third-order valence-electron chi connectivity index (χ3n) is 3.14. The molecule has 3 rings (SSSR count). The lowest BCUT2D eigenvalue weighted by Crippen LogP contribution is -2.12. The number of carbonyl (C=O) groups excluding carboxylic acids is 1. The molecule has 1 N–H and O–H groups in total. The van der Waals surface area contributed by atoms with Gasteiger partial charge in [-0.05, 0) is 24.6 Å². The minimum absolute atomic E-state index is 0.293. The molecule has 22 heavy (non-hydrogen) atoms. The zero-order valence-corrected chi connectivity index (χ0v) is 13.3. The predicted molar refractivity (Wildman–Crippen MR) is 89.5 cm³/mol. The third-order valence-corrected chi connectivity index (χ3v) is 4.34. The normalized spacial score (nSPS) is 10.5. The van der Waals surface area contributed by atoms with Crippen molar-refractivity contribution in [2.45, 2.75) is 6.92 Å². The van der Waals surface area contributed by atoms with E-state index in [1.165, 1.54) is 11.3 Å². The van der Waals surface area contributed by atoms with Crippen molar-refractivity contribution in [3.63, 3.8) is 0 Å². The van der Waals surface area contributed by atoms with Gasteiger partial charge in [-0.3, -0.25) is 10.1 Å². The van der Waals surface area contributed by atoms with Crippen molar-refractivity contribution >= 4 is 34.0 Å². The molecular formula is C16H12ClN3OS. The second-order valence-electron chi connectivity index (χ2n) is 4.66. The monoisotopic (exact) mass is 329 g/mol. The molecule has 0 spiro atoms. The number of rotatable bonds is 3. The first-order chi connectivity index (χ1) is 10.6. The number of nitrogens with zero attached hydrogens (tertiary/aromatic N) is 2. The van der Waals surface area contributed by atoms with Gasteiger partial charge in [-0.1, -0.05) is 59.3 Å². The highest BCUT2D eigenvalue weighted by Crippen LogP contribution is 2.29. The SMILES string of the molecule is Cc1ccccc1-c1nnc(NC(=O)c2ccccc2Cl)s1. The fourth-order valence-corrected chi connectivity index (χ4v) is 3.06. The van der Waals surface area contributed by atoms with Crippen molar-refractivity contribution in [2.75, 3.05) is 5.32 Å². The standard InChI is InChI=1S/C16H12ClN3OS/c1-10-6-2-3-7-11(10)15-19-20-16(22-15)18-14(21)12-8-4-5-9-13(12)17/h2-9H,1H3,(H,18,20,21). The van der Waals surface area contributed by atoms with Crippen LogP contribution in [0.5, 0.6) is 0 Å². The number of aryl methyl sites for hydroxylation is 1. The number of hydrogen-bond acceptors (Lipinski definition) is 4. The molecule has 4 nitrogen and oxygen atoms in total. The second kappa shape index (κ2) is 6.25. The van der Waals surface area contributed by atoms with Crippen LogP contribution in [-0.2, 0) is 0 Å². The molecule has 0 fully saturated rings. The maximum atomic E-state index is 12.2. The topological polar surface area (TPSA) is 54.9 Å². The maximum absolute atomic E-state index is 12.2. The van der Waals surface area contributed by atoms with E-state index in [4.69, 9.17) is 11.6 Å². The third kappa shape index (κ3) is 3.00. The highest BCUT2D eigenvalue weighted by Gasteiger charge is 2.14. The number of anilines is 1. The summed E-state index contributed by atoms with van der Waals surface area (Å²) in [4.78, 5) is 12.2. The van der Waals surface area contributed by atoms with Gasteiger partial charge in [-0.25, -0.2) is 0 Å². The number of carbonyl (C=O) groups is 1. The minimum atomic E-state index is -0.293. The van der Waals surface area contributed by atoms with Gasteiger partial charge >= 0.3 is 0 Å². The van der Waals surface area contributed by atoms with Crippen LogP contribution in [0.25, 0.3) is 10.6 Å². The van der Waals surface area contributed by atoms with E-state index in [2.05, 4.69) is 15.5 Å². The van der Waals surface area contributed by atoms with Crippen LogP contribution in [0.1, 0.15) is 15.9 Å². The van der Waals surface area contributed by atoms with E-state index in [0.29, 0.717) is 15.7 Å². The molecule has 0 aliphatic rings. The summed E-state index contributed by atoms with van der Waals surface area (Å²) in [6.07, 6.45) is 0. The van der Waals surface area contributed by atoms with Crippen molar-refractivity contribution in [3.05, 3.63) is 64.7 Å². The molecule has 1 heterocycles. The van der Waals surface area contributed by atoms with Crippen molar-refractivity contribution in [1.29, 1.82) is 0 Å². The minimum Gasteiger partial charge on any atom is -0.296 e. The summed E-state index contributed by atoms with van der Waals surface area (Å²) in [6, 6.07) is 14.8. The Labute approximate surface area is 136 Å². The molecule has 0 bridgehead atoms. The van der Waals surface area contributed by atoms with E-state index in [1.54, 1.807) is 24.3 Å². The fraction of sp³-hybridized carbons (Fsp3) is 0.0625. The lowest BCUT2D eigenvalue weighted by atomic mass is 10.1. The molecule has 0 saturated heterocycles. The number of aromatic nitrogens is 2. The first-order valence-corrected chi connectivity index (χ1v) is 7.80. The molecule has 0 unspecified atom stereocenters. The zero-order chi connectivity index (χ0) is 15.5. The summed E-state index contributed by atoms with van der Waals surface area (Å²) in [5.74, 6) is -0.293. The summed E-state index contributed by atoms with van der Waals surface area (Å²) in [5.41, 5.74) is 2.54. The highest BCUT2D eigenvalue weighted by molar-refractivity contribution is 7.18. The van der Waals surface area contributed by atoms with E-state index in [-0.39, 0.29) is 5.91 Å². The molecule has 1 amide bonds. The Balaban J connectivity index is 1.82. The number of amides is 1. The smallest absolute Gasteiger partial charge is 0.259 e. The average molecular weight is 330 g/mol. The van der Waals surface area contributed by atoms with Crippen LogP contribution in [0.4, 0.5) is 5.13 Å². The van der Waals surface area contributed by atoms with Crippen LogP contribution >= 0.6 is 22.9 Å². The Morgan fingerprint density at radius 2 is 1.82 bits per heavy atom. The average Bonchev–Trinajstić information content (AvgIpc) is 2.96. The first-order valence-electron chi connectivity index (χ1n) is 6.60. The molecule has 2 aromatic carbocycles. The van der Waals surface area contributed by atoms with Gasteiger partial charge in [-0.15, -0.1) is 10.2 Å². The molecule has 0 atom stereocenters. The fourth-order valence-electron chi connectivity index (χ4n) is 2.01. The lowest BCUT2D eigenvalue weighted by molar-refractivity contribution is 0.102. The van der Waals surface area contributed by atoms with E-state index >= 15 is 0 Å². The van der Waals surface area contributed by atoms with Gasteiger partial charge in [-0.2, -0.15) is 0 Å². The molecule has 0 saturated carbocycles. The van der Waals surface area contributed by atoms with Gasteiger partial charge in [0.1, 0.15) is 5.01 Å². The van der Waals surface area contributed by atoms with Crippen molar-refractivity contribution < 1.29 is 4.79 Å². The summed E-state index contributed by atoms with van der Waals surface area (Å²) in [7, 11) is 0. The summed E-state index contributed by atoms with van der Waals surface area (Å²) < 4.78 is 0. The molecular weight excluding hydrogens is 318 g/mol. The van der Waals surface area contributed by atoms with Crippen molar-refractivity contribution in [1.82, 2.24) is 10.2 Å². The molecule has 0 aliphatic carbocycles. The van der Waals surface area contributed by atoms with Crippen LogP contribution < -0.4 is 5.32 Å². The van der Waals surface area contributed by atoms with Gasteiger partial charge in [0.25, 0.3) is 5.91 Å². The maximum Gasteiger partial charge on any atom is 0.259 e. The lowest BCUT2D eigenvalue weighted by Gasteiger charge is -2.02. The second-order valence-corrected chi connectivity index (χ2v) is 6.05. The Bertz CT molecular complexity index is 832. The van der Waals surface area contributed by atoms with Crippen LogP contribution in [-0.4, -0.2) is 16.1 Å². The zero-order valence-electron chi connectivity index (χ0n) is 11.7. The predicted octanol–water partition coefficient (Wildman–Crippen LogP) is 4.42. The molecule has 6 heteroatoms. The molecule has 0 aliphatic heterocycles. The van der Waals surface area contributed by atoms with Crippen LogP contribution in [0.3, 0.4) is 0 Å². The van der Waals surface area contributed by atoms with Crippen LogP contribution in [0.2, 0.25) is 5.02 Å². The molecule has 1 aromatic heterocycles. The highest BCUT2D eigenvalue weighted by atomic mass is 35.5. The largest absolute Gasteiger partial charge is 0.296 e. The van der Waals surface area contributed by atoms with Gasteiger partial charge in [0.2, 0.25) is 5.13 Å². The van der Waals surface area contributed by atoms with Gasteiger partial charge in [0, 0.05) is 5.56 Å². The van der Waals surface area contributed by atoms with E-state index in [9.17, 15) is 4.79 Å². The number of halogens is 1. The van der Waals surface area contributed by atoms with Gasteiger partial charge < -0.3 is 0 Å². The number of hydrogen-bond donors (Lipinski definition) is 1. The first kappa shape index (κ1) is 14.7. The van der Waals surface area contributed by atoms with E-state index < -0.39 is 0 Å². The summed E-state index contributed by atoms with van der Waals surface area (Å²) in [5, 5.41) is 12.5. The van der Waals surface area contributed by atoms with Gasteiger partial charge in [0.05, 0.1) is 10.6 Å². The Morgan fingerprint density at radius 3 is 2.59 bits per heavy atom. The van der Waals surface area contributed by atoms with Crippen molar-refractivity contribution in [2.24, 2.45) is 0 Å². The Kier molecular flexibility index (Phi) is 4.18. The quantitative estimate of drug-likeness (QED) is 0.774. The number of nitrogens with one attached hydrogen (secondary N) is 1. The molecule has 0 radical (unpaired) electrons. The van der Waals surface area contributed by atoms with Crippen LogP contribution in [0.15, 0.2) is 48.5 Å². The molecule has 3 aromatic rings. The van der Waals surface area contributed by atoms with E-state index in [0.717, 1.165) is 16.1 Å². The Morgan fingerprint density at radius 1 is 1.09 bits per heavy atom. The Hall–Kier alpha value is -2.24. The van der Waals surface area contributed by atoms with E-state index in [1.807, 2.05) is 31.2 Å². The van der Waals surface area contributed by atoms with Gasteiger partial charge in [0.15, 0.2) is 0 Å². The molecule has 110 valence electrons. The summed E-state index contributed by atoms with van der Waals surface area (Å²) in [6.45, 7) is 2.01. The van der Waals surface area contributed by atoms with Crippen molar-refractivity contribution in [3.8, 4) is 10.6 Å².